The Balaban J connectivity index is 1.32. The van der Waals surface area contributed by atoms with Crippen LogP contribution in [0.2, 0.25) is 0 Å². The minimum atomic E-state index is -0.522. The van der Waals surface area contributed by atoms with E-state index in [-0.39, 0.29) is 29.6 Å². The molecule has 2 aromatic rings. The van der Waals surface area contributed by atoms with E-state index in [2.05, 4.69) is 5.32 Å². The SMILES string of the molecule is COc1ccccc1[C@H](C)NC(=O)[C@@H]1[C@@H]2CC[C@@]3(CC(=O)c4ccccc4O3)[C@H]21. The van der Waals surface area contributed by atoms with Crippen LogP contribution in [0, 0.1) is 17.8 Å². The van der Waals surface area contributed by atoms with Crippen LogP contribution in [-0.4, -0.2) is 24.4 Å². The van der Waals surface area contributed by atoms with Gasteiger partial charge in [-0.3, -0.25) is 9.59 Å². The zero-order valence-electron chi connectivity index (χ0n) is 16.7. The molecule has 0 unspecified atom stereocenters. The van der Waals surface area contributed by atoms with Gasteiger partial charge in [0.15, 0.2) is 5.78 Å². The van der Waals surface area contributed by atoms with Crippen LogP contribution < -0.4 is 14.8 Å². The third-order valence-corrected chi connectivity index (χ3v) is 6.90. The molecule has 5 heteroatoms. The molecule has 0 radical (unpaired) electrons. The largest absolute Gasteiger partial charge is 0.496 e. The lowest BCUT2D eigenvalue weighted by Gasteiger charge is -2.37. The van der Waals surface area contributed by atoms with Gasteiger partial charge in [-0.25, -0.2) is 0 Å². The van der Waals surface area contributed by atoms with E-state index in [0.29, 0.717) is 23.7 Å². The van der Waals surface area contributed by atoms with E-state index in [0.717, 1.165) is 24.2 Å². The first kappa shape index (κ1) is 18.2. The standard InChI is InChI=1S/C24H25NO4/c1-14(15-7-3-5-9-19(15)28-2)25-23(27)21-17-11-12-24(22(17)21)13-18(26)16-8-4-6-10-20(16)29-24/h3-10,14,17,21-22H,11-13H2,1-2H3,(H,25,27)/t14-,17-,21+,22+,24+/m0/s1. The van der Waals surface area contributed by atoms with Crippen molar-refractivity contribution in [3.8, 4) is 11.5 Å². The summed E-state index contributed by atoms with van der Waals surface area (Å²) in [6.45, 7) is 1.97. The van der Waals surface area contributed by atoms with Crippen LogP contribution in [0.1, 0.15) is 48.1 Å². The average molecular weight is 391 g/mol. The summed E-state index contributed by atoms with van der Waals surface area (Å²) in [6, 6.07) is 15.0. The average Bonchev–Trinajstić information content (AvgIpc) is 3.39. The van der Waals surface area contributed by atoms with E-state index in [9.17, 15) is 9.59 Å². The first-order valence-electron chi connectivity index (χ1n) is 10.3. The topological polar surface area (TPSA) is 64.6 Å². The number of hydrogen-bond donors (Lipinski definition) is 1. The number of para-hydroxylation sites is 2. The highest BCUT2D eigenvalue weighted by molar-refractivity contribution is 6.00. The van der Waals surface area contributed by atoms with Crippen LogP contribution in [0.3, 0.4) is 0 Å². The summed E-state index contributed by atoms with van der Waals surface area (Å²) in [5, 5.41) is 3.15. The number of methoxy groups -OCH3 is 1. The number of rotatable bonds is 4. The van der Waals surface area contributed by atoms with Crippen LogP contribution >= 0.6 is 0 Å². The van der Waals surface area contributed by atoms with Crippen molar-refractivity contribution in [2.75, 3.05) is 7.11 Å². The quantitative estimate of drug-likeness (QED) is 0.858. The molecule has 5 rings (SSSR count). The fourth-order valence-electron chi connectivity index (χ4n) is 5.53. The summed E-state index contributed by atoms with van der Waals surface area (Å²) in [5.74, 6) is 1.94. The molecule has 2 aromatic carbocycles. The number of carbonyl (C=O) groups is 2. The zero-order valence-corrected chi connectivity index (χ0v) is 16.7. The summed E-state index contributed by atoms with van der Waals surface area (Å²) >= 11 is 0. The maximum Gasteiger partial charge on any atom is 0.224 e. The van der Waals surface area contributed by atoms with Gasteiger partial charge in [0.25, 0.3) is 0 Å². The van der Waals surface area contributed by atoms with Gasteiger partial charge in [0.1, 0.15) is 17.1 Å². The Morgan fingerprint density at radius 2 is 1.97 bits per heavy atom. The molecule has 1 amide bonds. The summed E-state index contributed by atoms with van der Waals surface area (Å²) in [7, 11) is 1.64. The molecule has 1 heterocycles. The highest BCUT2D eigenvalue weighted by atomic mass is 16.5. The molecule has 2 aliphatic carbocycles. The monoisotopic (exact) mass is 391 g/mol. The number of ketones is 1. The van der Waals surface area contributed by atoms with Crippen molar-refractivity contribution >= 4 is 11.7 Å². The maximum atomic E-state index is 13.1. The molecule has 3 aliphatic rings. The fourth-order valence-corrected chi connectivity index (χ4v) is 5.53. The van der Waals surface area contributed by atoms with E-state index in [4.69, 9.17) is 9.47 Å². The van der Waals surface area contributed by atoms with Crippen molar-refractivity contribution in [2.24, 2.45) is 17.8 Å². The van der Waals surface area contributed by atoms with Gasteiger partial charge in [-0.15, -0.1) is 0 Å². The van der Waals surface area contributed by atoms with Crippen molar-refractivity contribution < 1.29 is 19.1 Å². The molecular formula is C24H25NO4. The number of carbonyl (C=O) groups excluding carboxylic acids is 2. The van der Waals surface area contributed by atoms with Gasteiger partial charge < -0.3 is 14.8 Å². The minimum absolute atomic E-state index is 0.0485. The third-order valence-electron chi connectivity index (χ3n) is 6.90. The summed E-state index contributed by atoms with van der Waals surface area (Å²) in [4.78, 5) is 25.8. The van der Waals surface area contributed by atoms with E-state index < -0.39 is 5.60 Å². The summed E-state index contributed by atoms with van der Waals surface area (Å²) in [5.41, 5.74) is 1.10. The second-order valence-electron chi connectivity index (χ2n) is 8.49. The maximum absolute atomic E-state index is 13.1. The van der Waals surface area contributed by atoms with Gasteiger partial charge in [-0.1, -0.05) is 30.3 Å². The molecule has 2 saturated carbocycles. The third kappa shape index (κ3) is 2.83. The highest BCUT2D eigenvalue weighted by Gasteiger charge is 2.70. The molecule has 0 saturated heterocycles. The zero-order chi connectivity index (χ0) is 20.2. The van der Waals surface area contributed by atoms with Crippen LogP contribution in [0.15, 0.2) is 48.5 Å². The molecule has 0 aromatic heterocycles. The molecule has 1 aliphatic heterocycles. The minimum Gasteiger partial charge on any atom is -0.496 e. The number of Topliss-reactive ketones (excluding diaryl/α,β-unsaturated/α-hetero) is 1. The second-order valence-corrected chi connectivity index (χ2v) is 8.49. The van der Waals surface area contributed by atoms with Crippen molar-refractivity contribution in [3.05, 3.63) is 59.7 Å². The van der Waals surface area contributed by atoms with Gasteiger partial charge in [-0.2, -0.15) is 0 Å². The predicted molar refractivity (Wildman–Crippen MR) is 108 cm³/mol. The van der Waals surface area contributed by atoms with E-state index in [1.54, 1.807) is 7.11 Å². The van der Waals surface area contributed by atoms with E-state index in [1.807, 2.05) is 55.5 Å². The fraction of sp³-hybridized carbons (Fsp3) is 0.417. The Morgan fingerprint density at radius 1 is 1.21 bits per heavy atom. The summed E-state index contributed by atoms with van der Waals surface area (Å²) in [6.07, 6.45) is 2.15. The Kier molecular flexibility index (Phi) is 4.16. The number of hydrogen-bond acceptors (Lipinski definition) is 4. The number of ether oxygens (including phenoxy) is 2. The molecule has 29 heavy (non-hydrogen) atoms. The first-order valence-corrected chi connectivity index (χ1v) is 10.3. The smallest absolute Gasteiger partial charge is 0.224 e. The molecule has 5 nitrogen and oxygen atoms in total. The van der Waals surface area contributed by atoms with Crippen molar-refractivity contribution in [1.82, 2.24) is 5.32 Å². The van der Waals surface area contributed by atoms with Crippen molar-refractivity contribution in [2.45, 2.75) is 37.8 Å². The van der Waals surface area contributed by atoms with E-state index in [1.165, 1.54) is 0 Å². The lowest BCUT2D eigenvalue weighted by atomic mass is 9.84. The Hall–Kier alpha value is -2.82. The number of fused-ring (bicyclic) bond motifs is 3. The first-order chi connectivity index (χ1) is 14.0. The van der Waals surface area contributed by atoms with Gasteiger partial charge >= 0.3 is 0 Å². The lowest BCUT2D eigenvalue weighted by molar-refractivity contribution is -0.124. The van der Waals surface area contributed by atoms with Gasteiger partial charge in [0, 0.05) is 17.4 Å². The Bertz CT molecular complexity index is 986. The summed E-state index contributed by atoms with van der Waals surface area (Å²) < 4.78 is 11.8. The predicted octanol–water partition coefficient (Wildman–Crippen LogP) is 3.93. The van der Waals surface area contributed by atoms with Crippen molar-refractivity contribution in [3.63, 3.8) is 0 Å². The molecule has 0 bridgehead atoms. The van der Waals surface area contributed by atoms with Gasteiger partial charge in [-0.05, 0) is 43.9 Å². The van der Waals surface area contributed by atoms with Gasteiger partial charge in [0.05, 0.1) is 25.1 Å². The van der Waals surface area contributed by atoms with Crippen molar-refractivity contribution in [1.29, 1.82) is 0 Å². The number of benzene rings is 2. The molecule has 2 fully saturated rings. The van der Waals surface area contributed by atoms with Gasteiger partial charge in [0.2, 0.25) is 5.91 Å². The highest BCUT2D eigenvalue weighted by Crippen LogP contribution is 2.65. The van der Waals surface area contributed by atoms with Crippen LogP contribution in [0.25, 0.3) is 0 Å². The molecule has 1 N–H and O–H groups in total. The Morgan fingerprint density at radius 3 is 2.79 bits per heavy atom. The molecular weight excluding hydrogens is 366 g/mol. The van der Waals surface area contributed by atoms with E-state index >= 15 is 0 Å². The number of nitrogens with one attached hydrogen (secondary N) is 1. The van der Waals surface area contributed by atoms with Crippen LogP contribution in [-0.2, 0) is 4.79 Å². The normalized spacial score (nSPS) is 30.1. The lowest BCUT2D eigenvalue weighted by Crippen LogP contribution is -2.44. The second kappa shape index (κ2) is 6.61. The molecule has 5 atom stereocenters. The molecule has 1 spiro atoms. The molecule has 150 valence electrons. The van der Waals surface area contributed by atoms with Crippen LogP contribution in [0.5, 0.6) is 11.5 Å². The van der Waals surface area contributed by atoms with Crippen LogP contribution in [0.4, 0.5) is 0 Å². The number of amides is 1. The Labute approximate surface area is 170 Å².